The van der Waals surface area contributed by atoms with Crippen molar-refractivity contribution in [3.63, 3.8) is 0 Å². The molecule has 4 heteroatoms. The minimum absolute atomic E-state index is 0.0343. The van der Waals surface area contributed by atoms with Crippen molar-refractivity contribution in [1.82, 2.24) is 0 Å². The van der Waals surface area contributed by atoms with E-state index in [0.29, 0.717) is 24.3 Å². The first-order chi connectivity index (χ1) is 11.2. The lowest BCUT2D eigenvalue weighted by Crippen LogP contribution is -2.11. The Hall–Kier alpha value is -2.62. The van der Waals surface area contributed by atoms with E-state index in [9.17, 15) is 9.59 Å². The summed E-state index contributed by atoms with van der Waals surface area (Å²) in [5, 5.41) is 0. The first-order valence-corrected chi connectivity index (χ1v) is 7.77. The van der Waals surface area contributed by atoms with Gasteiger partial charge in [0.05, 0.1) is 5.92 Å². The molecule has 0 bridgehead atoms. The van der Waals surface area contributed by atoms with Gasteiger partial charge in [0, 0.05) is 12.5 Å². The summed E-state index contributed by atoms with van der Waals surface area (Å²) in [6.07, 6.45) is 2.73. The van der Waals surface area contributed by atoms with Gasteiger partial charge in [-0.05, 0) is 37.0 Å². The van der Waals surface area contributed by atoms with Gasteiger partial charge in [0.15, 0.2) is 0 Å². The maximum Gasteiger partial charge on any atom is 0.314 e. The molecule has 1 aliphatic rings. The molecule has 0 atom stereocenters. The predicted octanol–water partition coefficient (Wildman–Crippen LogP) is 3.54. The minimum Gasteiger partial charge on any atom is -0.426 e. The third-order valence-corrected chi connectivity index (χ3v) is 3.63. The molecule has 2 aromatic carbocycles. The minimum atomic E-state index is -0.306. The van der Waals surface area contributed by atoms with E-state index in [1.165, 1.54) is 0 Å². The van der Waals surface area contributed by atoms with Crippen LogP contribution in [0.2, 0.25) is 0 Å². The normalized spacial score (nSPS) is 13.4. The number of carbonyl (C=O) groups is 2. The Morgan fingerprint density at radius 3 is 2.30 bits per heavy atom. The molecule has 0 saturated heterocycles. The predicted molar refractivity (Wildman–Crippen MR) is 85.2 cm³/mol. The fraction of sp³-hybridized carbons (Fsp3) is 0.263. The zero-order valence-corrected chi connectivity index (χ0v) is 12.7. The number of rotatable bonds is 6. The van der Waals surface area contributed by atoms with Crippen molar-refractivity contribution < 1.29 is 19.1 Å². The molecule has 0 N–H and O–H groups in total. The molecule has 2 aromatic rings. The van der Waals surface area contributed by atoms with Crippen LogP contribution < -0.4 is 9.47 Å². The largest absolute Gasteiger partial charge is 0.426 e. The molecule has 23 heavy (non-hydrogen) atoms. The number of ether oxygens (including phenoxy) is 2. The Balaban J connectivity index is 1.52. The lowest BCUT2D eigenvalue weighted by molar-refractivity contribution is -0.135. The van der Waals surface area contributed by atoms with Gasteiger partial charge in [0.2, 0.25) is 0 Å². The maximum absolute atomic E-state index is 11.9. The number of esters is 2. The van der Waals surface area contributed by atoms with Crippen molar-refractivity contribution in [3.8, 4) is 11.5 Å². The molecule has 0 radical (unpaired) electrons. The van der Waals surface area contributed by atoms with Gasteiger partial charge in [-0.1, -0.05) is 36.4 Å². The second-order valence-corrected chi connectivity index (χ2v) is 5.63. The van der Waals surface area contributed by atoms with Gasteiger partial charge in [-0.3, -0.25) is 9.59 Å². The Morgan fingerprint density at radius 2 is 1.61 bits per heavy atom. The van der Waals surface area contributed by atoms with E-state index in [0.717, 1.165) is 18.4 Å². The van der Waals surface area contributed by atoms with Crippen LogP contribution in [0.25, 0.3) is 0 Å². The van der Waals surface area contributed by atoms with Crippen LogP contribution in [0.1, 0.15) is 24.8 Å². The van der Waals surface area contributed by atoms with Crippen molar-refractivity contribution in [2.45, 2.75) is 25.7 Å². The van der Waals surface area contributed by atoms with Crippen LogP contribution in [-0.2, 0) is 16.0 Å². The van der Waals surface area contributed by atoms with Crippen LogP contribution in [0.15, 0.2) is 54.6 Å². The van der Waals surface area contributed by atoms with Gasteiger partial charge < -0.3 is 9.47 Å². The Morgan fingerprint density at radius 1 is 0.913 bits per heavy atom. The van der Waals surface area contributed by atoms with E-state index in [1.807, 2.05) is 30.3 Å². The molecule has 1 aliphatic carbocycles. The first-order valence-electron chi connectivity index (χ1n) is 7.77. The van der Waals surface area contributed by atoms with Gasteiger partial charge in [-0.15, -0.1) is 0 Å². The number of benzene rings is 2. The summed E-state index contributed by atoms with van der Waals surface area (Å²) in [5.41, 5.74) is 1.09. The average molecular weight is 310 g/mol. The molecule has 0 aromatic heterocycles. The third kappa shape index (κ3) is 4.68. The summed E-state index contributed by atoms with van der Waals surface area (Å²) in [5.74, 6) is 0.323. The van der Waals surface area contributed by atoms with Crippen LogP contribution in [0.5, 0.6) is 11.5 Å². The second kappa shape index (κ2) is 7.09. The van der Waals surface area contributed by atoms with E-state index in [-0.39, 0.29) is 17.9 Å². The highest BCUT2D eigenvalue weighted by atomic mass is 16.5. The van der Waals surface area contributed by atoms with Gasteiger partial charge >= 0.3 is 11.9 Å². The van der Waals surface area contributed by atoms with Crippen molar-refractivity contribution in [3.05, 3.63) is 60.2 Å². The molecule has 1 fully saturated rings. The molecule has 1 saturated carbocycles. The van der Waals surface area contributed by atoms with Crippen LogP contribution >= 0.6 is 0 Å². The number of aryl methyl sites for hydroxylation is 1. The lowest BCUT2D eigenvalue weighted by atomic mass is 10.1. The number of carbonyl (C=O) groups excluding carboxylic acids is 2. The molecule has 118 valence electrons. The zero-order chi connectivity index (χ0) is 16.1. The van der Waals surface area contributed by atoms with Crippen molar-refractivity contribution in [2.75, 3.05) is 0 Å². The van der Waals surface area contributed by atoms with Crippen molar-refractivity contribution in [1.29, 1.82) is 0 Å². The molecule has 0 spiro atoms. The van der Waals surface area contributed by atoms with Crippen LogP contribution in [0.3, 0.4) is 0 Å². The van der Waals surface area contributed by atoms with E-state index in [1.54, 1.807) is 24.3 Å². The fourth-order valence-corrected chi connectivity index (χ4v) is 2.19. The van der Waals surface area contributed by atoms with E-state index in [4.69, 9.17) is 9.47 Å². The zero-order valence-electron chi connectivity index (χ0n) is 12.7. The highest BCUT2D eigenvalue weighted by Crippen LogP contribution is 2.31. The van der Waals surface area contributed by atoms with Gasteiger partial charge in [-0.2, -0.15) is 0 Å². The van der Waals surface area contributed by atoms with Crippen LogP contribution in [-0.4, -0.2) is 11.9 Å². The Labute approximate surface area is 135 Å². The van der Waals surface area contributed by atoms with Gasteiger partial charge in [0.25, 0.3) is 0 Å². The van der Waals surface area contributed by atoms with Crippen LogP contribution in [0, 0.1) is 5.92 Å². The van der Waals surface area contributed by atoms with E-state index >= 15 is 0 Å². The summed E-state index contributed by atoms with van der Waals surface area (Å²) in [7, 11) is 0. The SMILES string of the molecule is O=C(CCc1ccccc1)Oc1cccc(OC(=O)C2CC2)c1. The molecule has 0 heterocycles. The van der Waals surface area contributed by atoms with Crippen LogP contribution in [0.4, 0.5) is 0 Å². The van der Waals surface area contributed by atoms with Gasteiger partial charge in [0.1, 0.15) is 11.5 Å². The van der Waals surface area contributed by atoms with E-state index < -0.39 is 0 Å². The average Bonchev–Trinajstić information content (AvgIpc) is 3.39. The maximum atomic E-state index is 11.9. The molecular weight excluding hydrogens is 292 g/mol. The summed E-state index contributed by atoms with van der Waals surface area (Å²) in [6.45, 7) is 0. The standard InChI is InChI=1S/C19H18O4/c20-18(12-9-14-5-2-1-3-6-14)22-16-7-4-8-17(13-16)23-19(21)15-10-11-15/h1-8,13,15H,9-12H2. The first kappa shape index (κ1) is 15.3. The molecule has 0 aliphatic heterocycles. The smallest absolute Gasteiger partial charge is 0.314 e. The molecule has 0 unspecified atom stereocenters. The van der Waals surface area contributed by atoms with E-state index in [2.05, 4.69) is 0 Å². The number of hydrogen-bond acceptors (Lipinski definition) is 4. The number of hydrogen-bond donors (Lipinski definition) is 0. The monoisotopic (exact) mass is 310 g/mol. The quantitative estimate of drug-likeness (QED) is 0.605. The highest BCUT2D eigenvalue weighted by Gasteiger charge is 2.31. The molecule has 4 nitrogen and oxygen atoms in total. The molecule has 3 rings (SSSR count). The summed E-state index contributed by atoms with van der Waals surface area (Å²) in [6, 6.07) is 16.4. The lowest BCUT2D eigenvalue weighted by Gasteiger charge is -2.07. The topological polar surface area (TPSA) is 52.6 Å². The molecule has 0 amide bonds. The second-order valence-electron chi connectivity index (χ2n) is 5.63. The highest BCUT2D eigenvalue weighted by molar-refractivity contribution is 5.77. The Kier molecular flexibility index (Phi) is 4.71. The third-order valence-electron chi connectivity index (χ3n) is 3.63. The molecular formula is C19H18O4. The van der Waals surface area contributed by atoms with Crippen molar-refractivity contribution >= 4 is 11.9 Å². The summed E-state index contributed by atoms with van der Waals surface area (Å²) >= 11 is 0. The van der Waals surface area contributed by atoms with Crippen molar-refractivity contribution in [2.24, 2.45) is 5.92 Å². The van der Waals surface area contributed by atoms with Gasteiger partial charge in [-0.25, -0.2) is 0 Å². The summed E-state index contributed by atoms with van der Waals surface area (Å²) in [4.78, 5) is 23.5. The summed E-state index contributed by atoms with van der Waals surface area (Å²) < 4.78 is 10.6. The Bertz CT molecular complexity index is 690. The fourth-order valence-electron chi connectivity index (χ4n) is 2.19.